The summed E-state index contributed by atoms with van der Waals surface area (Å²) in [4.78, 5) is 28.7. The highest BCUT2D eigenvalue weighted by Crippen LogP contribution is 2.21. The van der Waals surface area contributed by atoms with Crippen LogP contribution in [0.2, 0.25) is 0 Å². The highest BCUT2D eigenvalue weighted by atomic mass is 16.5. The predicted octanol–water partition coefficient (Wildman–Crippen LogP) is 0.339. The van der Waals surface area contributed by atoms with E-state index in [1.165, 1.54) is 24.3 Å². The van der Waals surface area contributed by atoms with Gasteiger partial charge in [-0.05, 0) is 13.0 Å². The predicted molar refractivity (Wildman–Crippen MR) is 71.8 cm³/mol. The average Bonchev–Trinajstić information content (AvgIpc) is 2.39. The van der Waals surface area contributed by atoms with Crippen molar-refractivity contribution in [3.05, 3.63) is 17.8 Å². The Balaban J connectivity index is 2.97. The third-order valence-electron chi connectivity index (χ3n) is 2.56. The minimum absolute atomic E-state index is 0.121. The quantitative estimate of drug-likeness (QED) is 0.763. The van der Waals surface area contributed by atoms with Crippen LogP contribution < -0.4 is 11.1 Å². The zero-order valence-electron chi connectivity index (χ0n) is 11.4. The Morgan fingerprint density at radius 2 is 2.11 bits per heavy atom. The van der Waals surface area contributed by atoms with Gasteiger partial charge < -0.3 is 20.7 Å². The van der Waals surface area contributed by atoms with Crippen LogP contribution in [0.3, 0.4) is 0 Å². The first-order valence-corrected chi connectivity index (χ1v) is 5.69. The molecule has 3 N–H and O–H groups in total. The van der Waals surface area contributed by atoms with E-state index in [1.54, 1.807) is 21.0 Å². The number of ether oxygens (including phenoxy) is 1. The van der Waals surface area contributed by atoms with Gasteiger partial charge in [-0.15, -0.1) is 0 Å². The van der Waals surface area contributed by atoms with Gasteiger partial charge in [0.2, 0.25) is 5.91 Å². The third kappa shape index (κ3) is 3.34. The number of carbonyl (C=O) groups is 2. The van der Waals surface area contributed by atoms with E-state index in [-0.39, 0.29) is 23.0 Å². The maximum absolute atomic E-state index is 11.7. The van der Waals surface area contributed by atoms with Crippen molar-refractivity contribution in [2.24, 2.45) is 0 Å². The maximum Gasteiger partial charge on any atom is 0.340 e. The second kappa shape index (κ2) is 6.03. The molecule has 1 aromatic heterocycles. The molecule has 0 aliphatic carbocycles. The number of pyridine rings is 1. The molecule has 0 spiro atoms. The number of anilines is 2. The first-order valence-electron chi connectivity index (χ1n) is 5.69. The summed E-state index contributed by atoms with van der Waals surface area (Å²) in [5, 5.41) is 2.88. The number of hydrogen-bond donors (Lipinski definition) is 2. The van der Waals surface area contributed by atoms with E-state index in [2.05, 4.69) is 15.0 Å². The van der Waals surface area contributed by atoms with Crippen LogP contribution >= 0.6 is 0 Å². The van der Waals surface area contributed by atoms with Crippen LogP contribution in [0.4, 0.5) is 11.5 Å². The highest BCUT2D eigenvalue weighted by molar-refractivity contribution is 5.98. The van der Waals surface area contributed by atoms with Crippen molar-refractivity contribution in [2.75, 3.05) is 32.3 Å². The van der Waals surface area contributed by atoms with Gasteiger partial charge in [-0.1, -0.05) is 0 Å². The highest BCUT2D eigenvalue weighted by Gasteiger charge is 2.19. The smallest absolute Gasteiger partial charge is 0.340 e. The van der Waals surface area contributed by atoms with E-state index in [9.17, 15) is 9.59 Å². The van der Waals surface area contributed by atoms with Crippen LogP contribution in [0.5, 0.6) is 0 Å². The molecule has 1 amide bonds. The van der Waals surface area contributed by atoms with Gasteiger partial charge in [0.05, 0.1) is 18.4 Å². The van der Waals surface area contributed by atoms with E-state index in [4.69, 9.17) is 5.73 Å². The van der Waals surface area contributed by atoms with Gasteiger partial charge in [-0.2, -0.15) is 0 Å². The van der Waals surface area contributed by atoms with Crippen LogP contribution in [-0.4, -0.2) is 49.0 Å². The zero-order valence-corrected chi connectivity index (χ0v) is 11.4. The second-order valence-electron chi connectivity index (χ2n) is 4.21. The molecule has 1 atom stereocenters. The van der Waals surface area contributed by atoms with Crippen molar-refractivity contribution in [3.8, 4) is 0 Å². The van der Waals surface area contributed by atoms with Gasteiger partial charge in [-0.3, -0.25) is 4.79 Å². The van der Waals surface area contributed by atoms with Crippen molar-refractivity contribution in [3.63, 3.8) is 0 Å². The second-order valence-corrected chi connectivity index (χ2v) is 4.21. The molecule has 104 valence electrons. The standard InChI is InChI=1S/C12H18N4O3/c1-7(11(17)16(2)3)15-10-9(13)8(5-6-14-10)12(18)19-4/h5-7H,13H2,1-4H3,(H,14,15). The molecule has 0 saturated carbocycles. The minimum Gasteiger partial charge on any atom is -0.465 e. The van der Waals surface area contributed by atoms with Gasteiger partial charge in [-0.25, -0.2) is 9.78 Å². The summed E-state index contributed by atoms with van der Waals surface area (Å²) in [7, 11) is 4.58. The van der Waals surface area contributed by atoms with E-state index in [0.29, 0.717) is 0 Å². The van der Waals surface area contributed by atoms with Crippen LogP contribution in [0.1, 0.15) is 17.3 Å². The first kappa shape index (κ1) is 14.7. The molecule has 1 rings (SSSR count). The monoisotopic (exact) mass is 266 g/mol. The molecule has 0 radical (unpaired) electrons. The first-order chi connectivity index (χ1) is 8.88. The number of methoxy groups -OCH3 is 1. The number of nitrogens with two attached hydrogens (primary N) is 1. The summed E-state index contributed by atoms with van der Waals surface area (Å²) in [6.07, 6.45) is 1.43. The fourth-order valence-corrected chi connectivity index (χ4v) is 1.53. The summed E-state index contributed by atoms with van der Waals surface area (Å²) >= 11 is 0. The fraction of sp³-hybridized carbons (Fsp3) is 0.417. The molecule has 0 bridgehead atoms. The number of nitrogen functional groups attached to an aromatic ring is 1. The largest absolute Gasteiger partial charge is 0.465 e. The summed E-state index contributed by atoms with van der Waals surface area (Å²) in [6, 6.07) is 0.961. The number of hydrogen-bond acceptors (Lipinski definition) is 6. The molecule has 7 heteroatoms. The molecule has 1 unspecified atom stereocenters. The molecule has 0 aliphatic heterocycles. The third-order valence-corrected chi connectivity index (χ3v) is 2.56. The van der Waals surface area contributed by atoms with E-state index in [1.807, 2.05) is 0 Å². The molecule has 0 fully saturated rings. The molecule has 0 aromatic carbocycles. The lowest BCUT2D eigenvalue weighted by atomic mass is 10.2. The van der Waals surface area contributed by atoms with Crippen molar-refractivity contribution in [1.82, 2.24) is 9.88 Å². The number of esters is 1. The van der Waals surface area contributed by atoms with Crippen molar-refractivity contribution >= 4 is 23.4 Å². The zero-order chi connectivity index (χ0) is 14.6. The molecule has 19 heavy (non-hydrogen) atoms. The number of amides is 1. The fourth-order valence-electron chi connectivity index (χ4n) is 1.53. The minimum atomic E-state index is -0.547. The average molecular weight is 266 g/mol. The SMILES string of the molecule is COC(=O)c1ccnc(NC(C)C(=O)N(C)C)c1N. The number of rotatable bonds is 4. The number of aromatic nitrogens is 1. The molecule has 1 aromatic rings. The maximum atomic E-state index is 11.7. The lowest BCUT2D eigenvalue weighted by Gasteiger charge is -2.19. The lowest BCUT2D eigenvalue weighted by Crippen LogP contribution is -2.37. The Hall–Kier alpha value is -2.31. The van der Waals surface area contributed by atoms with Gasteiger partial charge in [0.25, 0.3) is 0 Å². The Labute approximate surface area is 111 Å². The van der Waals surface area contributed by atoms with Gasteiger partial charge in [0.15, 0.2) is 5.82 Å². The number of nitrogens with zero attached hydrogens (tertiary/aromatic N) is 2. The summed E-state index contributed by atoms with van der Waals surface area (Å²) in [5.41, 5.74) is 6.21. The Morgan fingerprint density at radius 1 is 1.47 bits per heavy atom. The number of nitrogens with one attached hydrogen (secondary N) is 1. The topological polar surface area (TPSA) is 97.5 Å². The van der Waals surface area contributed by atoms with E-state index < -0.39 is 12.0 Å². The lowest BCUT2D eigenvalue weighted by molar-refractivity contribution is -0.129. The Morgan fingerprint density at radius 3 is 2.63 bits per heavy atom. The van der Waals surface area contributed by atoms with Crippen LogP contribution in [0, 0.1) is 0 Å². The van der Waals surface area contributed by atoms with Gasteiger partial charge in [0, 0.05) is 20.3 Å². The van der Waals surface area contributed by atoms with E-state index in [0.717, 1.165) is 0 Å². The molecule has 0 saturated heterocycles. The normalized spacial score (nSPS) is 11.6. The van der Waals surface area contributed by atoms with Crippen molar-refractivity contribution in [1.29, 1.82) is 0 Å². The van der Waals surface area contributed by atoms with E-state index >= 15 is 0 Å². The van der Waals surface area contributed by atoms with Crippen LogP contribution in [0.15, 0.2) is 12.3 Å². The summed E-state index contributed by atoms with van der Waals surface area (Å²) < 4.78 is 4.61. The molecule has 7 nitrogen and oxygen atoms in total. The Kier molecular flexibility index (Phi) is 4.68. The molecular formula is C12H18N4O3. The number of carbonyl (C=O) groups excluding carboxylic acids is 2. The molecular weight excluding hydrogens is 248 g/mol. The van der Waals surface area contributed by atoms with Gasteiger partial charge in [0.1, 0.15) is 6.04 Å². The number of likely N-dealkylation sites (N-methyl/N-ethyl adjacent to an activating group) is 1. The van der Waals surface area contributed by atoms with Crippen molar-refractivity contribution < 1.29 is 14.3 Å². The van der Waals surface area contributed by atoms with Crippen molar-refractivity contribution in [2.45, 2.75) is 13.0 Å². The summed E-state index contributed by atoms with van der Waals surface area (Å²) in [5.74, 6) is -0.384. The molecule has 1 heterocycles. The van der Waals surface area contributed by atoms with Crippen LogP contribution in [-0.2, 0) is 9.53 Å². The molecule has 0 aliphatic rings. The van der Waals surface area contributed by atoms with Crippen LogP contribution in [0.25, 0.3) is 0 Å². The van der Waals surface area contributed by atoms with Gasteiger partial charge >= 0.3 is 5.97 Å². The Bertz CT molecular complexity index is 488. The summed E-state index contributed by atoms with van der Waals surface area (Å²) in [6.45, 7) is 1.69.